The van der Waals surface area contributed by atoms with Crippen molar-refractivity contribution in [1.82, 2.24) is 4.90 Å². The van der Waals surface area contributed by atoms with E-state index in [2.05, 4.69) is 15.0 Å². The summed E-state index contributed by atoms with van der Waals surface area (Å²) in [4.78, 5) is 16.1. The second kappa shape index (κ2) is 8.34. The fourth-order valence-corrected chi connectivity index (χ4v) is 4.23. The molecule has 0 amide bonds. The summed E-state index contributed by atoms with van der Waals surface area (Å²) in [5.41, 5.74) is 9.64. The largest absolute Gasteiger partial charge is 0.395 e. The first-order valence-corrected chi connectivity index (χ1v) is 10.5. The summed E-state index contributed by atoms with van der Waals surface area (Å²) in [6, 6.07) is 11.5. The van der Waals surface area contributed by atoms with E-state index in [1.807, 2.05) is 30.3 Å². The van der Waals surface area contributed by atoms with Gasteiger partial charge in [0.05, 0.1) is 30.2 Å². The molecule has 2 aromatic carbocycles. The number of hydrogen-bond donors (Lipinski definition) is 2. The Kier molecular flexibility index (Phi) is 5.77. The first-order valence-electron chi connectivity index (χ1n) is 10.5. The molecule has 30 heavy (non-hydrogen) atoms. The fourth-order valence-electron chi connectivity index (χ4n) is 4.23. The third kappa shape index (κ3) is 4.33. The standard InChI is InChI=1S/C23H30N4O3/c1-23(2,28)19-5-3-17(4-6-19)18-11-20(25-29)22(24)21(12-18)27-14-16(15-27)13-26-7-9-30-10-8-26/h3-6,11-12,16,28H,7-10,13-15,24H2,1-2H3. The van der Waals surface area contributed by atoms with E-state index in [4.69, 9.17) is 10.5 Å². The SMILES string of the molecule is CC(C)(O)c1ccc(-c2cc(N=O)c(N)c(N3CC(CN4CCOCC4)C3)c2)cc1. The lowest BCUT2D eigenvalue weighted by Crippen LogP contribution is -2.53. The van der Waals surface area contributed by atoms with Crippen LogP contribution in [0.1, 0.15) is 19.4 Å². The molecule has 2 aromatic rings. The quantitative estimate of drug-likeness (QED) is 0.561. The minimum absolute atomic E-state index is 0.269. The van der Waals surface area contributed by atoms with Crippen molar-refractivity contribution in [2.75, 3.05) is 56.6 Å². The number of nitroso groups, excluding NO2 is 1. The van der Waals surface area contributed by atoms with Crippen molar-refractivity contribution in [2.24, 2.45) is 11.1 Å². The lowest BCUT2D eigenvalue weighted by molar-refractivity contribution is 0.0286. The number of nitrogen functional groups attached to an aromatic ring is 1. The lowest BCUT2D eigenvalue weighted by Gasteiger charge is -2.44. The van der Waals surface area contributed by atoms with E-state index >= 15 is 0 Å². The van der Waals surface area contributed by atoms with Gasteiger partial charge in [-0.05, 0) is 47.8 Å². The molecule has 2 aliphatic rings. The highest BCUT2D eigenvalue weighted by molar-refractivity contribution is 5.86. The maximum absolute atomic E-state index is 11.4. The Morgan fingerprint density at radius 1 is 1.13 bits per heavy atom. The van der Waals surface area contributed by atoms with Crippen molar-refractivity contribution in [2.45, 2.75) is 19.4 Å². The zero-order valence-corrected chi connectivity index (χ0v) is 17.7. The molecule has 0 saturated carbocycles. The van der Waals surface area contributed by atoms with E-state index in [0.717, 1.165) is 68.3 Å². The van der Waals surface area contributed by atoms with Gasteiger partial charge in [-0.1, -0.05) is 24.3 Å². The van der Waals surface area contributed by atoms with Crippen LogP contribution in [-0.4, -0.2) is 55.9 Å². The highest BCUT2D eigenvalue weighted by atomic mass is 16.5. The van der Waals surface area contributed by atoms with E-state index in [1.54, 1.807) is 19.9 Å². The van der Waals surface area contributed by atoms with Gasteiger partial charge in [0.2, 0.25) is 0 Å². The van der Waals surface area contributed by atoms with Crippen molar-refractivity contribution < 1.29 is 9.84 Å². The van der Waals surface area contributed by atoms with Gasteiger partial charge >= 0.3 is 0 Å². The second-order valence-electron chi connectivity index (χ2n) is 8.84. The minimum Gasteiger partial charge on any atom is -0.395 e. The van der Waals surface area contributed by atoms with E-state index in [0.29, 0.717) is 11.6 Å². The van der Waals surface area contributed by atoms with E-state index in [9.17, 15) is 10.0 Å². The van der Waals surface area contributed by atoms with Crippen LogP contribution in [0.2, 0.25) is 0 Å². The number of ether oxygens (including phenoxy) is 1. The second-order valence-corrected chi connectivity index (χ2v) is 8.84. The molecule has 160 valence electrons. The molecule has 7 nitrogen and oxygen atoms in total. The van der Waals surface area contributed by atoms with Crippen LogP contribution in [0, 0.1) is 10.8 Å². The molecule has 0 unspecified atom stereocenters. The fraction of sp³-hybridized carbons (Fsp3) is 0.478. The van der Waals surface area contributed by atoms with Crippen LogP contribution in [0.3, 0.4) is 0 Å². The van der Waals surface area contributed by atoms with Gasteiger partial charge in [-0.25, -0.2) is 0 Å². The summed E-state index contributed by atoms with van der Waals surface area (Å²) in [7, 11) is 0. The first-order chi connectivity index (χ1) is 14.3. The number of aliphatic hydroxyl groups is 1. The van der Waals surface area contributed by atoms with Crippen LogP contribution in [-0.2, 0) is 10.3 Å². The minimum atomic E-state index is -0.895. The van der Waals surface area contributed by atoms with Gasteiger partial charge in [0.25, 0.3) is 0 Å². The molecule has 2 fully saturated rings. The molecule has 3 N–H and O–H groups in total. The molecule has 2 saturated heterocycles. The molecule has 4 rings (SSSR count). The summed E-state index contributed by atoms with van der Waals surface area (Å²) >= 11 is 0. The van der Waals surface area contributed by atoms with Crippen LogP contribution in [0.25, 0.3) is 11.1 Å². The normalized spacial score (nSPS) is 18.3. The van der Waals surface area contributed by atoms with Crippen LogP contribution >= 0.6 is 0 Å². The Morgan fingerprint density at radius 2 is 1.80 bits per heavy atom. The molecule has 0 radical (unpaired) electrons. The predicted octanol–water partition coefficient (Wildman–Crippen LogP) is 3.33. The maximum atomic E-state index is 11.4. The summed E-state index contributed by atoms with van der Waals surface area (Å²) in [6.07, 6.45) is 0. The van der Waals surface area contributed by atoms with Crippen LogP contribution in [0.15, 0.2) is 41.6 Å². The molecule has 0 bridgehead atoms. The summed E-state index contributed by atoms with van der Waals surface area (Å²) in [5, 5.41) is 13.3. The summed E-state index contributed by atoms with van der Waals surface area (Å²) < 4.78 is 5.42. The topological polar surface area (TPSA) is 91.4 Å². The molecule has 7 heteroatoms. The summed E-state index contributed by atoms with van der Waals surface area (Å²) in [6.45, 7) is 10.0. The van der Waals surface area contributed by atoms with Crippen LogP contribution < -0.4 is 10.6 Å². The number of nitrogens with two attached hydrogens (primary N) is 1. The smallest absolute Gasteiger partial charge is 0.133 e. The number of anilines is 2. The monoisotopic (exact) mass is 410 g/mol. The Hall–Kier alpha value is -2.48. The molecule has 2 aliphatic heterocycles. The van der Waals surface area contributed by atoms with E-state index < -0.39 is 5.60 Å². The van der Waals surface area contributed by atoms with Gasteiger partial charge in [-0.3, -0.25) is 4.90 Å². The van der Waals surface area contributed by atoms with Crippen LogP contribution in [0.4, 0.5) is 17.1 Å². The molecule has 0 spiro atoms. The Morgan fingerprint density at radius 3 is 2.40 bits per heavy atom. The number of hydrogen-bond acceptors (Lipinski definition) is 7. The third-order valence-electron chi connectivity index (χ3n) is 6.08. The average molecular weight is 411 g/mol. The Bertz CT molecular complexity index is 896. The lowest BCUT2D eigenvalue weighted by atomic mass is 9.93. The van der Waals surface area contributed by atoms with Gasteiger partial charge in [-0.15, -0.1) is 4.91 Å². The van der Waals surface area contributed by atoms with Gasteiger partial charge < -0.3 is 20.5 Å². The maximum Gasteiger partial charge on any atom is 0.133 e. The first kappa shape index (κ1) is 20.8. The van der Waals surface area contributed by atoms with Gasteiger partial charge in [0.15, 0.2) is 0 Å². The summed E-state index contributed by atoms with van der Waals surface area (Å²) in [5.74, 6) is 0.588. The molecule has 0 aliphatic carbocycles. The number of rotatable bonds is 6. The number of nitrogens with zero attached hydrogens (tertiary/aromatic N) is 3. The van der Waals surface area contributed by atoms with Crippen LogP contribution in [0.5, 0.6) is 0 Å². The van der Waals surface area contributed by atoms with Crippen molar-refractivity contribution >= 4 is 17.1 Å². The average Bonchev–Trinajstić information content (AvgIpc) is 2.71. The highest BCUT2D eigenvalue weighted by Crippen LogP contribution is 2.40. The molecule has 0 atom stereocenters. The van der Waals surface area contributed by atoms with Crippen molar-refractivity contribution in [3.05, 3.63) is 46.9 Å². The van der Waals surface area contributed by atoms with Crippen molar-refractivity contribution in [3.63, 3.8) is 0 Å². The third-order valence-corrected chi connectivity index (χ3v) is 6.08. The van der Waals surface area contributed by atoms with E-state index in [-0.39, 0.29) is 5.69 Å². The van der Waals surface area contributed by atoms with Gasteiger partial charge in [-0.2, -0.15) is 0 Å². The van der Waals surface area contributed by atoms with Gasteiger partial charge in [0, 0.05) is 38.6 Å². The Balaban J connectivity index is 1.52. The zero-order valence-electron chi connectivity index (χ0n) is 17.7. The number of morpholine rings is 1. The Labute approximate surface area is 177 Å². The molecule has 0 aromatic heterocycles. The molecular formula is C23H30N4O3. The molecule has 2 heterocycles. The van der Waals surface area contributed by atoms with Crippen molar-refractivity contribution in [3.8, 4) is 11.1 Å². The van der Waals surface area contributed by atoms with Crippen molar-refractivity contribution in [1.29, 1.82) is 0 Å². The highest BCUT2D eigenvalue weighted by Gasteiger charge is 2.31. The number of benzene rings is 2. The zero-order chi connectivity index (χ0) is 21.3. The predicted molar refractivity (Wildman–Crippen MR) is 120 cm³/mol. The molecular weight excluding hydrogens is 380 g/mol. The van der Waals surface area contributed by atoms with E-state index in [1.165, 1.54) is 0 Å². The van der Waals surface area contributed by atoms with Gasteiger partial charge in [0.1, 0.15) is 5.69 Å².